The van der Waals surface area contributed by atoms with Gasteiger partial charge in [0.05, 0.1) is 0 Å². The zero-order valence-corrected chi connectivity index (χ0v) is 17.0. The Morgan fingerprint density at radius 2 is 1.83 bits per heavy atom. The highest BCUT2D eigenvalue weighted by Gasteiger charge is 2.28. The van der Waals surface area contributed by atoms with Gasteiger partial charge < -0.3 is 9.64 Å². The van der Waals surface area contributed by atoms with Crippen molar-refractivity contribution in [2.45, 2.75) is 18.8 Å². The highest BCUT2D eigenvalue weighted by atomic mass is 35.5. The Bertz CT molecular complexity index is 964. The number of carbonyl (C=O) groups excluding carboxylic acids is 1. The lowest BCUT2D eigenvalue weighted by atomic mass is 9.87. The number of pyridine rings is 1. The maximum atomic E-state index is 12.1. The van der Waals surface area contributed by atoms with Gasteiger partial charge in [-0.1, -0.05) is 23.7 Å². The molecule has 1 saturated heterocycles. The smallest absolute Gasteiger partial charge is 0.248 e. The summed E-state index contributed by atoms with van der Waals surface area (Å²) in [7, 11) is 1.55. The van der Waals surface area contributed by atoms with Gasteiger partial charge >= 0.3 is 0 Å². The number of amides is 1. The molecule has 150 valence electrons. The number of aromatic amines is 1. The van der Waals surface area contributed by atoms with E-state index in [-0.39, 0.29) is 12.5 Å². The second-order valence-corrected chi connectivity index (χ2v) is 7.63. The van der Waals surface area contributed by atoms with Gasteiger partial charge in [-0.2, -0.15) is 5.10 Å². The standard InChI is InChI=1S/C22H23ClN4O2/c1-29-14-19(28)27-12-8-17(9-13-27)22-20(15-6-10-24-11-7-15)21(25-26-22)16-2-4-18(23)5-3-16/h2-7,10-11,17H,8-9,12-14H2,1H3,(H,25,26). The summed E-state index contributed by atoms with van der Waals surface area (Å²) in [5.41, 5.74) is 5.19. The van der Waals surface area contributed by atoms with E-state index in [2.05, 4.69) is 15.2 Å². The van der Waals surface area contributed by atoms with Crippen molar-refractivity contribution in [1.82, 2.24) is 20.1 Å². The van der Waals surface area contributed by atoms with E-state index in [1.807, 2.05) is 41.3 Å². The molecule has 3 heterocycles. The van der Waals surface area contributed by atoms with E-state index in [0.29, 0.717) is 10.9 Å². The third-order valence-corrected chi connectivity index (χ3v) is 5.66. The van der Waals surface area contributed by atoms with Gasteiger partial charge in [0.25, 0.3) is 0 Å². The number of nitrogens with one attached hydrogen (secondary N) is 1. The SMILES string of the molecule is COCC(=O)N1CCC(c2[nH]nc(-c3ccc(Cl)cc3)c2-c2ccncc2)CC1. The summed E-state index contributed by atoms with van der Waals surface area (Å²) in [6.07, 6.45) is 5.36. The predicted molar refractivity (Wildman–Crippen MR) is 113 cm³/mol. The topological polar surface area (TPSA) is 71.1 Å². The molecule has 7 heteroatoms. The minimum absolute atomic E-state index is 0.0479. The lowest BCUT2D eigenvalue weighted by Crippen LogP contribution is -2.39. The van der Waals surface area contributed by atoms with Crippen molar-refractivity contribution < 1.29 is 9.53 Å². The van der Waals surface area contributed by atoms with Crippen LogP contribution in [0, 0.1) is 0 Å². The number of methoxy groups -OCH3 is 1. The first-order chi connectivity index (χ1) is 14.2. The van der Waals surface area contributed by atoms with E-state index >= 15 is 0 Å². The number of hydrogen-bond acceptors (Lipinski definition) is 4. The van der Waals surface area contributed by atoms with Crippen molar-refractivity contribution in [3.05, 3.63) is 59.5 Å². The minimum atomic E-state index is 0.0479. The van der Waals surface area contributed by atoms with Gasteiger partial charge in [0, 0.05) is 60.4 Å². The van der Waals surface area contributed by atoms with Gasteiger partial charge in [-0.15, -0.1) is 0 Å². The van der Waals surface area contributed by atoms with Crippen molar-refractivity contribution in [3.8, 4) is 22.4 Å². The monoisotopic (exact) mass is 410 g/mol. The fourth-order valence-electron chi connectivity index (χ4n) is 3.91. The Kier molecular flexibility index (Phi) is 5.92. The van der Waals surface area contributed by atoms with Crippen LogP contribution in [0.1, 0.15) is 24.5 Å². The lowest BCUT2D eigenvalue weighted by molar-refractivity contribution is -0.136. The summed E-state index contributed by atoms with van der Waals surface area (Å²) in [5, 5.41) is 8.65. The average molecular weight is 411 g/mol. The minimum Gasteiger partial charge on any atom is -0.375 e. The highest BCUT2D eigenvalue weighted by Crippen LogP contribution is 2.39. The van der Waals surface area contributed by atoms with Gasteiger partial charge in [-0.25, -0.2) is 0 Å². The summed E-state index contributed by atoms with van der Waals surface area (Å²) >= 11 is 6.07. The molecular weight excluding hydrogens is 388 g/mol. The van der Waals surface area contributed by atoms with Crippen LogP contribution in [0.3, 0.4) is 0 Å². The molecule has 1 fully saturated rings. The average Bonchev–Trinajstić information content (AvgIpc) is 3.20. The number of aromatic nitrogens is 3. The Labute approximate surface area is 174 Å². The number of benzene rings is 1. The molecule has 0 aliphatic carbocycles. The molecule has 0 radical (unpaired) electrons. The molecule has 0 saturated carbocycles. The molecule has 0 spiro atoms. The van der Waals surface area contributed by atoms with E-state index in [1.165, 1.54) is 0 Å². The van der Waals surface area contributed by atoms with Crippen LogP contribution < -0.4 is 0 Å². The lowest BCUT2D eigenvalue weighted by Gasteiger charge is -2.32. The molecule has 1 aliphatic rings. The Morgan fingerprint density at radius 1 is 1.14 bits per heavy atom. The van der Waals surface area contributed by atoms with Crippen LogP contribution in [-0.4, -0.2) is 52.8 Å². The third-order valence-electron chi connectivity index (χ3n) is 5.40. The number of rotatable bonds is 5. The van der Waals surface area contributed by atoms with Crippen molar-refractivity contribution in [2.24, 2.45) is 0 Å². The molecule has 0 bridgehead atoms. The first-order valence-corrected chi connectivity index (χ1v) is 10.1. The molecule has 6 nitrogen and oxygen atoms in total. The maximum Gasteiger partial charge on any atom is 0.248 e. The van der Waals surface area contributed by atoms with Gasteiger partial charge in [0.2, 0.25) is 5.91 Å². The molecule has 0 unspecified atom stereocenters. The molecule has 3 aromatic rings. The van der Waals surface area contributed by atoms with Gasteiger partial charge in [0.1, 0.15) is 12.3 Å². The predicted octanol–water partition coefficient (Wildman–Crippen LogP) is 4.14. The van der Waals surface area contributed by atoms with Crippen LogP contribution >= 0.6 is 11.6 Å². The zero-order valence-electron chi connectivity index (χ0n) is 16.3. The number of nitrogens with zero attached hydrogens (tertiary/aromatic N) is 3. The molecule has 29 heavy (non-hydrogen) atoms. The Hall–Kier alpha value is -2.70. The summed E-state index contributed by atoms with van der Waals surface area (Å²) < 4.78 is 4.98. The maximum absolute atomic E-state index is 12.1. The van der Waals surface area contributed by atoms with Crippen molar-refractivity contribution in [3.63, 3.8) is 0 Å². The van der Waals surface area contributed by atoms with Gasteiger partial charge in [-0.05, 0) is 42.7 Å². The van der Waals surface area contributed by atoms with Crippen LogP contribution in [0.15, 0.2) is 48.8 Å². The molecule has 1 amide bonds. The first kappa shape index (κ1) is 19.6. The van der Waals surface area contributed by atoms with E-state index in [9.17, 15) is 4.79 Å². The third kappa shape index (κ3) is 4.18. The number of ether oxygens (including phenoxy) is 1. The summed E-state index contributed by atoms with van der Waals surface area (Å²) in [6, 6.07) is 11.7. The number of H-pyrrole nitrogens is 1. The van der Waals surface area contributed by atoms with Crippen molar-refractivity contribution >= 4 is 17.5 Å². The van der Waals surface area contributed by atoms with E-state index < -0.39 is 0 Å². The molecule has 1 N–H and O–H groups in total. The fraction of sp³-hybridized carbons (Fsp3) is 0.318. The Morgan fingerprint density at radius 3 is 2.48 bits per heavy atom. The van der Waals surface area contributed by atoms with Crippen LogP contribution in [0.4, 0.5) is 0 Å². The molecule has 1 aromatic carbocycles. The van der Waals surface area contributed by atoms with E-state index in [4.69, 9.17) is 16.3 Å². The normalized spacial score (nSPS) is 14.9. The van der Waals surface area contributed by atoms with E-state index in [1.54, 1.807) is 19.5 Å². The number of piperidine rings is 1. The molecule has 0 atom stereocenters. The van der Waals surface area contributed by atoms with Crippen molar-refractivity contribution in [2.75, 3.05) is 26.8 Å². The second-order valence-electron chi connectivity index (χ2n) is 7.19. The zero-order chi connectivity index (χ0) is 20.2. The molecule has 4 rings (SSSR count). The fourth-order valence-corrected chi connectivity index (χ4v) is 4.04. The quantitative estimate of drug-likeness (QED) is 0.686. The summed E-state index contributed by atoms with van der Waals surface area (Å²) in [5.74, 6) is 0.352. The van der Waals surface area contributed by atoms with Crippen LogP contribution in [-0.2, 0) is 9.53 Å². The Balaban J connectivity index is 1.66. The second kappa shape index (κ2) is 8.76. The summed E-state index contributed by atoms with van der Waals surface area (Å²) in [6.45, 7) is 1.58. The molecular formula is C22H23ClN4O2. The van der Waals surface area contributed by atoms with Crippen LogP contribution in [0.25, 0.3) is 22.4 Å². The molecule has 1 aliphatic heterocycles. The number of halogens is 1. The number of hydrogen-bond donors (Lipinski definition) is 1. The van der Waals surface area contributed by atoms with Gasteiger partial charge in [0.15, 0.2) is 0 Å². The number of likely N-dealkylation sites (tertiary alicyclic amines) is 1. The van der Waals surface area contributed by atoms with Gasteiger partial charge in [-0.3, -0.25) is 14.9 Å². The largest absolute Gasteiger partial charge is 0.375 e. The molecule has 2 aromatic heterocycles. The first-order valence-electron chi connectivity index (χ1n) is 9.68. The summed E-state index contributed by atoms with van der Waals surface area (Å²) in [4.78, 5) is 18.1. The van der Waals surface area contributed by atoms with Crippen LogP contribution in [0.5, 0.6) is 0 Å². The van der Waals surface area contributed by atoms with Crippen LogP contribution in [0.2, 0.25) is 5.02 Å². The van der Waals surface area contributed by atoms with E-state index in [0.717, 1.165) is 54.0 Å². The van der Waals surface area contributed by atoms with Crippen molar-refractivity contribution in [1.29, 1.82) is 0 Å². The highest BCUT2D eigenvalue weighted by molar-refractivity contribution is 6.30. The number of carbonyl (C=O) groups is 1.